The number of anilines is 1. The molecule has 0 fully saturated rings. The fraction of sp³-hybridized carbons (Fsp3) is 0.200. The van der Waals surface area contributed by atoms with Crippen molar-refractivity contribution in [2.75, 3.05) is 11.9 Å². The number of thiophene rings is 1. The third-order valence-corrected chi connectivity index (χ3v) is 4.43. The first-order valence-electron chi connectivity index (χ1n) is 6.41. The van der Waals surface area contributed by atoms with Gasteiger partial charge in [-0.05, 0) is 42.0 Å². The summed E-state index contributed by atoms with van der Waals surface area (Å²) in [7, 11) is 0. The van der Waals surface area contributed by atoms with Crippen LogP contribution in [0.3, 0.4) is 0 Å². The number of nitrogens with zero attached hydrogens (tertiary/aromatic N) is 2. The van der Waals surface area contributed by atoms with E-state index in [0.29, 0.717) is 0 Å². The summed E-state index contributed by atoms with van der Waals surface area (Å²) >= 11 is 7.53. The molecule has 102 valence electrons. The maximum Gasteiger partial charge on any atom is 0.138 e. The zero-order valence-corrected chi connectivity index (χ0v) is 12.6. The third kappa shape index (κ3) is 2.76. The first-order valence-corrected chi connectivity index (χ1v) is 7.67. The summed E-state index contributed by atoms with van der Waals surface area (Å²) in [5.74, 6) is 0.919. The lowest BCUT2D eigenvalue weighted by molar-refractivity contribution is 1.01. The lowest BCUT2D eigenvalue weighted by Gasteiger charge is -2.07. The third-order valence-electron chi connectivity index (χ3n) is 3.17. The molecule has 3 aromatic rings. The zero-order valence-electron chi connectivity index (χ0n) is 11.1. The van der Waals surface area contributed by atoms with Gasteiger partial charge in [-0.1, -0.05) is 23.7 Å². The van der Waals surface area contributed by atoms with Crippen LogP contribution in [0.1, 0.15) is 11.1 Å². The molecule has 1 N–H and O–H groups in total. The summed E-state index contributed by atoms with van der Waals surface area (Å²) in [4.78, 5) is 9.67. The Kier molecular flexibility index (Phi) is 3.85. The van der Waals surface area contributed by atoms with Crippen LogP contribution in [0, 0.1) is 6.92 Å². The van der Waals surface area contributed by atoms with Crippen LogP contribution in [0.2, 0.25) is 5.02 Å². The predicted molar refractivity (Wildman–Crippen MR) is 85.8 cm³/mol. The fourth-order valence-corrected chi connectivity index (χ4v) is 3.14. The van der Waals surface area contributed by atoms with Crippen LogP contribution in [0.15, 0.2) is 36.0 Å². The highest BCUT2D eigenvalue weighted by Gasteiger charge is 2.07. The van der Waals surface area contributed by atoms with Crippen LogP contribution in [0.25, 0.3) is 10.2 Å². The minimum absolute atomic E-state index is 0.771. The standard InChI is InChI=1S/C15H14ClN3S/c1-10-8-20-15-13(10)14(18-9-19-15)17-7-6-11-2-4-12(16)5-3-11/h2-5,8-9H,6-7H2,1H3,(H,17,18,19). The minimum atomic E-state index is 0.771. The summed E-state index contributed by atoms with van der Waals surface area (Å²) in [5, 5.41) is 7.42. The van der Waals surface area contributed by atoms with E-state index in [1.807, 2.05) is 12.1 Å². The first kappa shape index (κ1) is 13.3. The highest BCUT2D eigenvalue weighted by Crippen LogP contribution is 2.28. The summed E-state index contributed by atoms with van der Waals surface area (Å²) < 4.78 is 0. The van der Waals surface area contributed by atoms with Gasteiger partial charge in [0.15, 0.2) is 0 Å². The van der Waals surface area contributed by atoms with E-state index in [2.05, 4.69) is 39.7 Å². The van der Waals surface area contributed by atoms with Gasteiger partial charge in [-0.25, -0.2) is 9.97 Å². The summed E-state index contributed by atoms with van der Waals surface area (Å²) in [6.07, 6.45) is 2.55. The van der Waals surface area contributed by atoms with E-state index in [4.69, 9.17) is 11.6 Å². The quantitative estimate of drug-likeness (QED) is 0.780. The molecule has 0 saturated heterocycles. The van der Waals surface area contributed by atoms with Crippen LogP contribution in [0.5, 0.6) is 0 Å². The molecule has 0 bridgehead atoms. The number of aromatic nitrogens is 2. The first-order chi connectivity index (χ1) is 9.74. The van der Waals surface area contributed by atoms with Crippen molar-refractivity contribution in [3.63, 3.8) is 0 Å². The van der Waals surface area contributed by atoms with Gasteiger partial charge in [0.05, 0.1) is 5.39 Å². The number of rotatable bonds is 4. The van der Waals surface area contributed by atoms with Crippen molar-refractivity contribution in [3.05, 3.63) is 52.1 Å². The van der Waals surface area contributed by atoms with E-state index >= 15 is 0 Å². The van der Waals surface area contributed by atoms with Gasteiger partial charge < -0.3 is 5.32 Å². The molecule has 2 heterocycles. The monoisotopic (exact) mass is 303 g/mol. The van der Waals surface area contributed by atoms with Gasteiger partial charge in [0.1, 0.15) is 17.0 Å². The lowest BCUT2D eigenvalue weighted by Crippen LogP contribution is -2.06. The molecule has 20 heavy (non-hydrogen) atoms. The maximum atomic E-state index is 5.88. The van der Waals surface area contributed by atoms with Gasteiger partial charge in [0, 0.05) is 11.6 Å². The van der Waals surface area contributed by atoms with Crippen molar-refractivity contribution in [3.8, 4) is 0 Å². The van der Waals surface area contributed by atoms with Crippen LogP contribution in [0.4, 0.5) is 5.82 Å². The number of fused-ring (bicyclic) bond motifs is 1. The molecule has 0 aliphatic rings. The summed E-state index contributed by atoms with van der Waals surface area (Å²) in [6.45, 7) is 2.93. The molecule has 5 heteroatoms. The van der Waals surface area contributed by atoms with Crippen molar-refractivity contribution in [1.29, 1.82) is 0 Å². The summed E-state index contributed by atoms with van der Waals surface area (Å²) in [6, 6.07) is 7.94. The van der Waals surface area contributed by atoms with E-state index in [0.717, 1.165) is 34.0 Å². The molecule has 0 unspecified atom stereocenters. The number of benzene rings is 1. The van der Waals surface area contributed by atoms with Crippen LogP contribution in [-0.2, 0) is 6.42 Å². The topological polar surface area (TPSA) is 37.8 Å². The van der Waals surface area contributed by atoms with E-state index in [1.165, 1.54) is 11.1 Å². The molecule has 1 aromatic carbocycles. The highest BCUT2D eigenvalue weighted by atomic mass is 35.5. The van der Waals surface area contributed by atoms with Gasteiger partial charge in [-0.15, -0.1) is 11.3 Å². The number of nitrogens with one attached hydrogen (secondary N) is 1. The summed E-state index contributed by atoms with van der Waals surface area (Å²) in [5.41, 5.74) is 2.48. The molecule has 3 nitrogen and oxygen atoms in total. The van der Waals surface area contributed by atoms with Crippen molar-refractivity contribution in [2.45, 2.75) is 13.3 Å². The molecule has 0 aliphatic heterocycles. The largest absolute Gasteiger partial charge is 0.369 e. The predicted octanol–water partition coefficient (Wildman–Crippen LogP) is 4.31. The Bertz CT molecular complexity index is 722. The molecule has 3 rings (SSSR count). The van der Waals surface area contributed by atoms with Crippen LogP contribution < -0.4 is 5.32 Å². The molecule has 0 amide bonds. The second kappa shape index (κ2) is 5.77. The van der Waals surface area contributed by atoms with Gasteiger partial charge >= 0.3 is 0 Å². The van der Waals surface area contributed by atoms with Crippen molar-refractivity contribution >= 4 is 39.0 Å². The normalized spacial score (nSPS) is 10.9. The van der Waals surface area contributed by atoms with Gasteiger partial charge in [0.2, 0.25) is 0 Å². The molecule has 0 spiro atoms. The Balaban J connectivity index is 1.71. The number of hydrogen-bond acceptors (Lipinski definition) is 4. The smallest absolute Gasteiger partial charge is 0.138 e. The molecule has 2 aromatic heterocycles. The fourth-order valence-electron chi connectivity index (χ4n) is 2.13. The minimum Gasteiger partial charge on any atom is -0.369 e. The Morgan fingerprint density at radius 2 is 2.00 bits per heavy atom. The van der Waals surface area contributed by atoms with Gasteiger partial charge in [-0.2, -0.15) is 0 Å². The van der Waals surface area contributed by atoms with Gasteiger partial charge in [-0.3, -0.25) is 0 Å². The SMILES string of the molecule is Cc1csc2ncnc(NCCc3ccc(Cl)cc3)c12. The molecule has 0 radical (unpaired) electrons. The lowest BCUT2D eigenvalue weighted by atomic mass is 10.1. The average Bonchev–Trinajstić information content (AvgIpc) is 2.84. The second-order valence-electron chi connectivity index (χ2n) is 4.62. The Labute approximate surface area is 126 Å². The van der Waals surface area contributed by atoms with Crippen molar-refractivity contribution < 1.29 is 0 Å². The van der Waals surface area contributed by atoms with Crippen molar-refractivity contribution in [2.24, 2.45) is 0 Å². The van der Waals surface area contributed by atoms with Gasteiger partial charge in [0.25, 0.3) is 0 Å². The van der Waals surface area contributed by atoms with E-state index < -0.39 is 0 Å². The Morgan fingerprint density at radius 3 is 2.80 bits per heavy atom. The van der Waals surface area contributed by atoms with E-state index in [1.54, 1.807) is 17.7 Å². The molecule has 0 aliphatic carbocycles. The highest BCUT2D eigenvalue weighted by molar-refractivity contribution is 7.17. The molecular weight excluding hydrogens is 290 g/mol. The maximum absolute atomic E-state index is 5.88. The Morgan fingerprint density at radius 1 is 1.20 bits per heavy atom. The average molecular weight is 304 g/mol. The second-order valence-corrected chi connectivity index (χ2v) is 5.92. The van der Waals surface area contributed by atoms with E-state index in [-0.39, 0.29) is 0 Å². The van der Waals surface area contributed by atoms with E-state index in [9.17, 15) is 0 Å². The Hall–Kier alpha value is -1.65. The number of hydrogen-bond donors (Lipinski definition) is 1. The zero-order chi connectivity index (χ0) is 13.9. The number of aryl methyl sites for hydroxylation is 1. The van der Waals surface area contributed by atoms with Crippen molar-refractivity contribution in [1.82, 2.24) is 9.97 Å². The molecular formula is C15H14ClN3S. The van der Waals surface area contributed by atoms with Crippen LogP contribution >= 0.6 is 22.9 Å². The van der Waals surface area contributed by atoms with Crippen LogP contribution in [-0.4, -0.2) is 16.5 Å². The molecule has 0 atom stereocenters. The number of halogens is 1. The molecule has 0 saturated carbocycles.